The number of rotatable bonds is 3. The topological polar surface area (TPSA) is 29.4 Å². The Morgan fingerprint density at radius 1 is 1.35 bits per heavy atom. The normalized spacial score (nSPS) is 14.8. The molecule has 0 N–H and O–H groups in total. The Bertz CT molecular complexity index is 452. The van der Waals surface area contributed by atoms with Crippen molar-refractivity contribution in [1.29, 1.82) is 0 Å². The van der Waals surface area contributed by atoms with E-state index in [9.17, 15) is 13.0 Å². The Hall–Kier alpha value is -1.10. The summed E-state index contributed by atoms with van der Waals surface area (Å²) in [5, 5.41) is 0. The maximum absolute atomic E-state index is 13.4. The lowest BCUT2D eigenvalue weighted by atomic mass is 10.1. The average molecular weight is 259 g/mol. The molecule has 0 bridgehead atoms. The van der Waals surface area contributed by atoms with Crippen LogP contribution < -0.4 is 0 Å². The predicted octanol–water partition coefficient (Wildman–Crippen LogP) is 3.05. The summed E-state index contributed by atoms with van der Waals surface area (Å²) in [6.45, 7) is 4.24. The first-order valence-electron chi connectivity index (χ1n) is 5.16. The van der Waals surface area contributed by atoms with Crippen LogP contribution in [0.3, 0.4) is 0 Å². The standard InChI is InChI=1S/C12H15F2NOS/c1-12(2,3)17(16)15-11(8-13)9-6-4-5-7-10(9)14/h4-7H,8H2,1-3H3/t17-/m0/s1. The molecule has 2 nitrogen and oxygen atoms in total. The second-order valence-electron chi connectivity index (χ2n) is 4.51. The average Bonchev–Trinajstić information content (AvgIpc) is 2.25. The molecule has 1 rings (SSSR count). The molecule has 1 atom stereocenters. The third-order valence-electron chi connectivity index (χ3n) is 2.03. The van der Waals surface area contributed by atoms with Crippen molar-refractivity contribution in [3.63, 3.8) is 0 Å². The Kier molecular flexibility index (Phi) is 4.51. The number of hydrogen-bond acceptors (Lipinski definition) is 1. The van der Waals surface area contributed by atoms with Crippen LogP contribution in [0.25, 0.3) is 0 Å². The van der Waals surface area contributed by atoms with Gasteiger partial charge in [0.2, 0.25) is 0 Å². The van der Waals surface area contributed by atoms with E-state index in [-0.39, 0.29) is 11.3 Å². The molecule has 0 unspecified atom stereocenters. The molecule has 5 heteroatoms. The van der Waals surface area contributed by atoms with Gasteiger partial charge < -0.3 is 0 Å². The lowest BCUT2D eigenvalue weighted by Crippen LogP contribution is -2.22. The molecule has 17 heavy (non-hydrogen) atoms. The maximum atomic E-state index is 13.4. The first kappa shape index (κ1) is 14.0. The lowest BCUT2D eigenvalue weighted by molar-refractivity contribution is 0.576. The van der Waals surface area contributed by atoms with Crippen molar-refractivity contribution < 1.29 is 13.0 Å². The Labute approximate surface area is 102 Å². The summed E-state index contributed by atoms with van der Waals surface area (Å²) in [5.74, 6) is -0.560. The van der Waals surface area contributed by atoms with E-state index in [4.69, 9.17) is 0 Å². The summed E-state index contributed by atoms with van der Waals surface area (Å²) in [4.78, 5) is 0. The minimum Gasteiger partial charge on any atom is -0.244 e. The summed E-state index contributed by atoms with van der Waals surface area (Å²) < 4.78 is 41.2. The third-order valence-corrected chi connectivity index (χ3v) is 3.46. The quantitative estimate of drug-likeness (QED) is 0.767. The van der Waals surface area contributed by atoms with E-state index in [1.54, 1.807) is 26.8 Å². The second kappa shape index (κ2) is 5.49. The van der Waals surface area contributed by atoms with Crippen LogP contribution in [-0.4, -0.2) is 21.3 Å². The van der Waals surface area contributed by atoms with Crippen LogP contribution >= 0.6 is 0 Å². The van der Waals surface area contributed by atoms with Crippen molar-refractivity contribution >= 4 is 16.7 Å². The molecule has 0 aliphatic carbocycles. The van der Waals surface area contributed by atoms with Crippen LogP contribution in [-0.2, 0) is 11.0 Å². The van der Waals surface area contributed by atoms with Crippen LogP contribution in [0.4, 0.5) is 8.78 Å². The number of benzene rings is 1. The van der Waals surface area contributed by atoms with Crippen LogP contribution in [0, 0.1) is 5.82 Å². The number of hydrogen-bond donors (Lipinski definition) is 0. The zero-order valence-electron chi connectivity index (χ0n) is 10.0. The number of alkyl halides is 1. The highest BCUT2D eigenvalue weighted by Crippen LogP contribution is 2.15. The lowest BCUT2D eigenvalue weighted by Gasteiger charge is -2.14. The van der Waals surface area contributed by atoms with E-state index in [0.717, 1.165) is 0 Å². The van der Waals surface area contributed by atoms with E-state index < -0.39 is 28.2 Å². The fourth-order valence-corrected chi connectivity index (χ4v) is 1.70. The Morgan fingerprint density at radius 2 is 1.94 bits per heavy atom. The monoisotopic (exact) mass is 259 g/mol. The molecule has 0 fully saturated rings. The van der Waals surface area contributed by atoms with Gasteiger partial charge >= 0.3 is 0 Å². The van der Waals surface area contributed by atoms with E-state index in [1.165, 1.54) is 18.2 Å². The van der Waals surface area contributed by atoms with E-state index >= 15 is 0 Å². The van der Waals surface area contributed by atoms with Crippen molar-refractivity contribution in [1.82, 2.24) is 0 Å². The minimum absolute atomic E-state index is 0.0626. The highest BCUT2D eigenvalue weighted by molar-refractivity contribution is 7.85. The highest BCUT2D eigenvalue weighted by Gasteiger charge is 2.20. The van der Waals surface area contributed by atoms with Gasteiger partial charge in [0.15, 0.2) is 0 Å². The number of halogens is 2. The summed E-state index contributed by atoms with van der Waals surface area (Å²) in [6, 6.07) is 5.74. The Morgan fingerprint density at radius 3 is 2.41 bits per heavy atom. The molecule has 0 saturated heterocycles. The summed E-state index contributed by atoms with van der Waals surface area (Å²) >= 11 is 0. The summed E-state index contributed by atoms with van der Waals surface area (Å²) in [7, 11) is -1.59. The molecule has 0 radical (unpaired) electrons. The molecule has 0 amide bonds. The molecule has 0 aliphatic heterocycles. The van der Waals surface area contributed by atoms with Crippen molar-refractivity contribution in [3.05, 3.63) is 35.6 Å². The molecule has 0 spiro atoms. The van der Waals surface area contributed by atoms with Gasteiger partial charge in [0, 0.05) is 5.56 Å². The van der Waals surface area contributed by atoms with Gasteiger partial charge in [0.05, 0.1) is 10.5 Å². The van der Waals surface area contributed by atoms with Crippen molar-refractivity contribution in [3.8, 4) is 0 Å². The predicted molar refractivity (Wildman–Crippen MR) is 66.8 cm³/mol. The molecular weight excluding hydrogens is 244 g/mol. The molecule has 1 aromatic carbocycles. The van der Waals surface area contributed by atoms with Crippen molar-refractivity contribution in [2.75, 3.05) is 6.67 Å². The fourth-order valence-electron chi connectivity index (χ4n) is 1.08. The number of nitrogens with zero attached hydrogens (tertiary/aromatic N) is 1. The second-order valence-corrected chi connectivity index (χ2v) is 6.42. The Balaban J connectivity index is 3.13. The summed E-state index contributed by atoms with van der Waals surface area (Å²) in [6.07, 6.45) is 0. The first-order chi connectivity index (χ1) is 7.86. The molecule has 0 aliphatic rings. The van der Waals surface area contributed by atoms with Gasteiger partial charge in [-0.25, -0.2) is 13.0 Å². The van der Waals surface area contributed by atoms with Crippen molar-refractivity contribution in [2.45, 2.75) is 25.5 Å². The molecule has 94 valence electrons. The van der Waals surface area contributed by atoms with Crippen LogP contribution in [0.2, 0.25) is 0 Å². The summed E-state index contributed by atoms with van der Waals surface area (Å²) in [5.41, 5.74) is -0.0519. The van der Waals surface area contributed by atoms with Gasteiger partial charge in [-0.3, -0.25) is 0 Å². The van der Waals surface area contributed by atoms with Crippen LogP contribution in [0.15, 0.2) is 28.7 Å². The van der Waals surface area contributed by atoms with Gasteiger partial charge in [-0.05, 0) is 26.8 Å². The van der Waals surface area contributed by atoms with Gasteiger partial charge in [0.1, 0.15) is 23.5 Å². The zero-order valence-corrected chi connectivity index (χ0v) is 10.9. The SMILES string of the molecule is CC(C)(C)[S@](=O)N=C(CF)c1ccccc1F. The molecule has 0 saturated carbocycles. The van der Waals surface area contributed by atoms with Gasteiger partial charge in [-0.15, -0.1) is 0 Å². The van der Waals surface area contributed by atoms with Crippen LogP contribution in [0.1, 0.15) is 26.3 Å². The fraction of sp³-hybridized carbons (Fsp3) is 0.417. The molecule has 0 aromatic heterocycles. The van der Waals surface area contributed by atoms with E-state index in [2.05, 4.69) is 4.40 Å². The van der Waals surface area contributed by atoms with Crippen molar-refractivity contribution in [2.24, 2.45) is 4.40 Å². The third kappa shape index (κ3) is 3.70. The van der Waals surface area contributed by atoms with Gasteiger partial charge in [-0.2, -0.15) is 4.40 Å². The zero-order chi connectivity index (χ0) is 13.1. The minimum atomic E-state index is -1.59. The van der Waals surface area contributed by atoms with Crippen LogP contribution in [0.5, 0.6) is 0 Å². The van der Waals surface area contributed by atoms with Gasteiger partial charge in [-0.1, -0.05) is 18.2 Å². The first-order valence-corrected chi connectivity index (χ1v) is 6.27. The smallest absolute Gasteiger partial charge is 0.145 e. The highest BCUT2D eigenvalue weighted by atomic mass is 32.2. The van der Waals surface area contributed by atoms with E-state index in [1.807, 2.05) is 0 Å². The molecule has 0 heterocycles. The maximum Gasteiger partial charge on any atom is 0.145 e. The van der Waals surface area contributed by atoms with Gasteiger partial charge in [0.25, 0.3) is 0 Å². The molecular formula is C12H15F2NOS. The largest absolute Gasteiger partial charge is 0.244 e. The molecule has 1 aromatic rings. The van der Waals surface area contributed by atoms with E-state index in [0.29, 0.717) is 0 Å².